The van der Waals surface area contributed by atoms with E-state index in [9.17, 15) is 4.79 Å². The number of benzene rings is 2. The van der Waals surface area contributed by atoms with E-state index in [0.717, 1.165) is 44.5 Å². The van der Waals surface area contributed by atoms with E-state index >= 15 is 0 Å². The first-order valence-corrected chi connectivity index (χ1v) is 14.5. The standard InChI is InChI=1S/C33H38N4O3/c1-32(2,3)40-31(38)37-19-33(20-37)16-24(17-33)35-23-14-26(15-23)39-25-8-5-21(6-9-25)22-7-10-27-28-18-34-12-11-29(28)36(4)30(27)13-22/h5-13,18,23-24,26,35H,14-17,19-20H2,1-4H3. The second-order valence-electron chi connectivity index (χ2n) is 13.2. The Morgan fingerprint density at radius 3 is 2.40 bits per heavy atom. The van der Waals surface area contributed by atoms with Crippen LogP contribution in [0.5, 0.6) is 5.75 Å². The van der Waals surface area contributed by atoms with Gasteiger partial charge >= 0.3 is 6.09 Å². The molecule has 1 aliphatic heterocycles. The van der Waals surface area contributed by atoms with Gasteiger partial charge in [-0.3, -0.25) is 4.98 Å². The number of amides is 1. The van der Waals surface area contributed by atoms with Crippen LogP contribution >= 0.6 is 0 Å². The van der Waals surface area contributed by atoms with Crippen LogP contribution in [-0.4, -0.2) is 57.4 Å². The number of carbonyl (C=O) groups is 1. The molecule has 1 N–H and O–H groups in total. The molecule has 7 heteroatoms. The molecule has 1 saturated heterocycles. The lowest BCUT2D eigenvalue weighted by Gasteiger charge is -2.59. The number of ether oxygens (including phenoxy) is 2. The molecule has 4 aromatic rings. The van der Waals surface area contributed by atoms with Gasteiger partial charge in [0.05, 0.1) is 5.52 Å². The largest absolute Gasteiger partial charge is 0.490 e. The van der Waals surface area contributed by atoms with E-state index in [1.54, 1.807) is 0 Å². The molecule has 0 atom stereocenters. The van der Waals surface area contributed by atoms with Crippen molar-refractivity contribution in [1.82, 2.24) is 19.8 Å². The van der Waals surface area contributed by atoms with E-state index in [-0.39, 0.29) is 12.2 Å². The zero-order valence-electron chi connectivity index (χ0n) is 23.8. The lowest BCUT2D eigenvalue weighted by atomic mass is 9.60. The van der Waals surface area contributed by atoms with Crippen LogP contribution in [0.4, 0.5) is 4.79 Å². The molecule has 1 amide bonds. The Hall–Kier alpha value is -3.58. The van der Waals surface area contributed by atoms with Crippen LogP contribution in [0, 0.1) is 5.41 Å². The lowest BCUT2D eigenvalue weighted by molar-refractivity contribution is -0.0877. The van der Waals surface area contributed by atoms with E-state index in [4.69, 9.17) is 9.47 Å². The zero-order chi connectivity index (χ0) is 27.6. The van der Waals surface area contributed by atoms with Gasteiger partial charge in [-0.1, -0.05) is 24.3 Å². The average Bonchev–Trinajstić information content (AvgIpc) is 3.13. The summed E-state index contributed by atoms with van der Waals surface area (Å²) in [4.78, 5) is 18.4. The molecule has 3 aliphatic rings. The fraction of sp³-hybridized carbons (Fsp3) is 0.455. The fourth-order valence-electron chi connectivity index (χ4n) is 6.86. The minimum Gasteiger partial charge on any atom is -0.490 e. The minimum atomic E-state index is -0.431. The summed E-state index contributed by atoms with van der Waals surface area (Å²) in [7, 11) is 2.11. The summed E-state index contributed by atoms with van der Waals surface area (Å²) >= 11 is 0. The van der Waals surface area contributed by atoms with Crippen LogP contribution in [-0.2, 0) is 11.8 Å². The maximum Gasteiger partial charge on any atom is 0.410 e. The number of likely N-dealkylation sites (tertiary alicyclic amines) is 1. The second kappa shape index (κ2) is 9.23. The smallest absolute Gasteiger partial charge is 0.410 e. The molecular weight excluding hydrogens is 500 g/mol. The van der Waals surface area contributed by atoms with Crippen molar-refractivity contribution < 1.29 is 14.3 Å². The number of carbonyl (C=O) groups excluding carboxylic acids is 1. The minimum absolute atomic E-state index is 0.176. The van der Waals surface area contributed by atoms with Gasteiger partial charge in [-0.2, -0.15) is 0 Å². The van der Waals surface area contributed by atoms with Gasteiger partial charge in [0.15, 0.2) is 0 Å². The summed E-state index contributed by atoms with van der Waals surface area (Å²) in [5, 5.41) is 6.23. The van der Waals surface area contributed by atoms with E-state index in [1.165, 1.54) is 32.9 Å². The second-order valence-corrected chi connectivity index (χ2v) is 13.2. The molecule has 0 radical (unpaired) electrons. The normalized spacial score (nSPS) is 22.1. The third-order valence-electron chi connectivity index (χ3n) is 8.93. The highest BCUT2D eigenvalue weighted by molar-refractivity contribution is 6.08. The van der Waals surface area contributed by atoms with Crippen molar-refractivity contribution in [3.05, 3.63) is 60.9 Å². The molecule has 2 aliphatic carbocycles. The van der Waals surface area contributed by atoms with E-state index < -0.39 is 5.60 Å². The van der Waals surface area contributed by atoms with Gasteiger partial charge in [0.2, 0.25) is 0 Å². The quantitative estimate of drug-likeness (QED) is 0.323. The number of nitrogens with zero attached hydrogens (tertiary/aromatic N) is 3. The van der Waals surface area contributed by atoms with Crippen molar-refractivity contribution in [3.63, 3.8) is 0 Å². The van der Waals surface area contributed by atoms with E-state index in [0.29, 0.717) is 17.5 Å². The van der Waals surface area contributed by atoms with Crippen molar-refractivity contribution in [2.24, 2.45) is 12.5 Å². The highest BCUT2D eigenvalue weighted by atomic mass is 16.6. The van der Waals surface area contributed by atoms with Gasteiger partial charge in [0.25, 0.3) is 0 Å². The van der Waals surface area contributed by atoms with Crippen molar-refractivity contribution >= 4 is 27.9 Å². The average molecular weight is 539 g/mol. The summed E-state index contributed by atoms with van der Waals surface area (Å²) in [5.74, 6) is 0.934. The molecular formula is C33H38N4O3. The molecule has 7 nitrogen and oxygen atoms in total. The van der Waals surface area contributed by atoms with Crippen LogP contribution in [0.2, 0.25) is 0 Å². The van der Waals surface area contributed by atoms with Gasteiger partial charge in [-0.15, -0.1) is 0 Å². The van der Waals surface area contributed by atoms with E-state index in [1.807, 2.05) is 38.1 Å². The number of hydrogen-bond acceptors (Lipinski definition) is 5. The maximum absolute atomic E-state index is 12.2. The maximum atomic E-state index is 12.2. The molecule has 2 aromatic carbocycles. The van der Waals surface area contributed by atoms with Crippen molar-refractivity contribution in [1.29, 1.82) is 0 Å². The number of nitrogens with one attached hydrogen (secondary N) is 1. The molecule has 7 rings (SSSR count). The highest BCUT2D eigenvalue weighted by Gasteiger charge is 2.55. The third-order valence-corrected chi connectivity index (χ3v) is 8.93. The first kappa shape index (κ1) is 25.4. The monoisotopic (exact) mass is 538 g/mol. The molecule has 3 fully saturated rings. The Kier molecular flexibility index (Phi) is 5.86. The first-order chi connectivity index (χ1) is 19.1. The predicted molar refractivity (Wildman–Crippen MR) is 157 cm³/mol. The van der Waals surface area contributed by atoms with Gasteiger partial charge in [0, 0.05) is 66.3 Å². The summed E-state index contributed by atoms with van der Waals surface area (Å²) < 4.78 is 14.0. The van der Waals surface area contributed by atoms with Gasteiger partial charge in [-0.25, -0.2) is 4.79 Å². The topological polar surface area (TPSA) is 68.6 Å². The Labute approximate surface area is 235 Å². The summed E-state index contributed by atoms with van der Waals surface area (Å²) in [6.45, 7) is 7.42. The van der Waals surface area contributed by atoms with Crippen molar-refractivity contribution in [2.45, 2.75) is 70.2 Å². The van der Waals surface area contributed by atoms with Crippen LogP contribution in [0.1, 0.15) is 46.5 Å². The molecule has 40 heavy (non-hydrogen) atoms. The van der Waals surface area contributed by atoms with Gasteiger partial charge in [-0.05, 0) is 81.8 Å². The number of aromatic nitrogens is 2. The molecule has 208 valence electrons. The lowest BCUT2D eigenvalue weighted by Crippen LogP contribution is -2.68. The number of fused-ring (bicyclic) bond motifs is 3. The Bertz CT molecular complexity index is 1570. The zero-order valence-corrected chi connectivity index (χ0v) is 23.8. The SMILES string of the molecule is Cn1c2ccncc2c2ccc(-c3ccc(OC4CC(NC5CC6(C5)CN(C(=O)OC(C)(C)C)C6)C4)cc3)cc21. The molecule has 2 saturated carbocycles. The van der Waals surface area contributed by atoms with Crippen LogP contribution < -0.4 is 10.1 Å². The van der Waals surface area contributed by atoms with Gasteiger partial charge < -0.3 is 24.3 Å². The number of aryl methyl sites for hydroxylation is 1. The van der Waals surface area contributed by atoms with Crippen LogP contribution in [0.3, 0.4) is 0 Å². The Morgan fingerprint density at radius 1 is 0.950 bits per heavy atom. The van der Waals surface area contributed by atoms with Crippen LogP contribution in [0.25, 0.3) is 32.9 Å². The molecule has 3 heterocycles. The molecule has 2 aromatic heterocycles. The van der Waals surface area contributed by atoms with Crippen molar-refractivity contribution in [2.75, 3.05) is 13.1 Å². The fourth-order valence-corrected chi connectivity index (χ4v) is 6.86. The summed E-state index contributed by atoms with van der Waals surface area (Å²) in [5.41, 5.74) is 4.67. The molecule has 0 bridgehead atoms. The molecule has 0 unspecified atom stereocenters. The predicted octanol–water partition coefficient (Wildman–Crippen LogP) is 6.29. The first-order valence-electron chi connectivity index (χ1n) is 14.5. The third kappa shape index (κ3) is 4.60. The number of hydrogen-bond donors (Lipinski definition) is 1. The van der Waals surface area contributed by atoms with Crippen molar-refractivity contribution in [3.8, 4) is 16.9 Å². The Balaban J connectivity index is 0.880. The Morgan fingerprint density at radius 2 is 1.68 bits per heavy atom. The summed E-state index contributed by atoms with van der Waals surface area (Å²) in [6.07, 6.45) is 8.27. The number of pyridine rings is 1. The van der Waals surface area contributed by atoms with Gasteiger partial charge in [0.1, 0.15) is 17.5 Å². The highest BCUT2D eigenvalue weighted by Crippen LogP contribution is 2.49. The van der Waals surface area contributed by atoms with E-state index in [2.05, 4.69) is 70.4 Å². The summed E-state index contributed by atoms with van der Waals surface area (Å²) in [6, 6.07) is 18.3. The number of rotatable bonds is 5. The molecule has 1 spiro atoms. The van der Waals surface area contributed by atoms with Crippen LogP contribution in [0.15, 0.2) is 60.9 Å².